The summed E-state index contributed by atoms with van der Waals surface area (Å²) in [6.07, 6.45) is 12.7. The number of unbranched alkanes of at least 4 members (excludes halogenated alkanes) is 9. The first kappa shape index (κ1) is 28.7. The maximum Gasteiger partial charge on any atom is 1.00 e. The van der Waals surface area contributed by atoms with Gasteiger partial charge >= 0.3 is 35.5 Å². The van der Waals surface area contributed by atoms with Gasteiger partial charge in [0.25, 0.3) is 0 Å². The van der Waals surface area contributed by atoms with Crippen molar-refractivity contribution in [2.45, 2.75) is 71.1 Å². The summed E-state index contributed by atoms with van der Waals surface area (Å²) in [5.74, 6) is 0.341. The van der Waals surface area contributed by atoms with Gasteiger partial charge in [0.2, 0.25) is 10.4 Å². The molecule has 0 bridgehead atoms. The van der Waals surface area contributed by atoms with Crippen molar-refractivity contribution >= 4 is 16.4 Å². The van der Waals surface area contributed by atoms with E-state index < -0.39 is 10.4 Å². The summed E-state index contributed by atoms with van der Waals surface area (Å²) < 4.78 is 43.1. The molecule has 152 valence electrons. The third kappa shape index (κ3) is 21.6. The van der Waals surface area contributed by atoms with Crippen LogP contribution in [0.25, 0.3) is 0 Å². The van der Waals surface area contributed by atoms with Crippen LogP contribution in [0.3, 0.4) is 0 Å². The standard InChI is InChI=1S/C18H29O3.Na.H2O4S/c1-3-4-5-6-7-8-9-10-11-12-15-20-18(19)17-14-13-16(2)21-17;;1-5(2,3)4/h13-14H,2-12,15H2,1H3;;(H2,1,2,3,4)/q-1;+1;/p-1. The molecule has 0 amide bonds. The van der Waals surface area contributed by atoms with Crippen LogP contribution >= 0.6 is 0 Å². The fraction of sp³-hybridized carbons (Fsp3) is 0.667. The molecule has 7 nitrogen and oxygen atoms in total. The average molecular weight is 413 g/mol. The molecule has 0 aliphatic carbocycles. The van der Waals surface area contributed by atoms with Crippen LogP contribution in [0.2, 0.25) is 0 Å². The Hall–Kier alpha value is -0.510. The van der Waals surface area contributed by atoms with Crippen molar-refractivity contribution in [3.05, 3.63) is 30.6 Å². The molecule has 1 rings (SSSR count). The van der Waals surface area contributed by atoms with Crippen LogP contribution in [-0.2, 0) is 15.1 Å². The molecule has 9 heteroatoms. The molecular weight excluding hydrogens is 383 g/mol. The van der Waals surface area contributed by atoms with Crippen LogP contribution in [0, 0.1) is 6.92 Å². The molecule has 0 aliphatic rings. The second-order valence-electron chi connectivity index (χ2n) is 6.01. The molecule has 0 aliphatic heterocycles. The minimum Gasteiger partial charge on any atom is -0.726 e. The molecule has 0 atom stereocenters. The first-order valence-corrected chi connectivity index (χ1v) is 10.4. The molecule has 1 aromatic heterocycles. The molecule has 0 saturated carbocycles. The van der Waals surface area contributed by atoms with Gasteiger partial charge in [-0.1, -0.05) is 70.8 Å². The van der Waals surface area contributed by atoms with E-state index in [9.17, 15) is 4.79 Å². The van der Waals surface area contributed by atoms with E-state index in [0.717, 1.165) is 12.8 Å². The van der Waals surface area contributed by atoms with E-state index in [4.69, 9.17) is 26.7 Å². The van der Waals surface area contributed by atoms with Crippen LogP contribution in [0.5, 0.6) is 0 Å². The van der Waals surface area contributed by atoms with Gasteiger partial charge in [-0.15, -0.1) is 0 Å². The molecule has 0 saturated heterocycles. The number of hydrogen-bond acceptors (Lipinski definition) is 6. The van der Waals surface area contributed by atoms with E-state index >= 15 is 0 Å². The van der Waals surface area contributed by atoms with Crippen molar-refractivity contribution in [3.8, 4) is 0 Å². The number of furan rings is 1. The molecule has 1 heterocycles. The van der Waals surface area contributed by atoms with Crippen molar-refractivity contribution in [1.29, 1.82) is 0 Å². The largest absolute Gasteiger partial charge is 1.00 e. The van der Waals surface area contributed by atoms with Crippen molar-refractivity contribution in [2.24, 2.45) is 0 Å². The average Bonchev–Trinajstić information content (AvgIpc) is 2.97. The number of rotatable bonds is 12. The quantitative estimate of drug-likeness (QED) is 0.138. The van der Waals surface area contributed by atoms with Gasteiger partial charge in [0.15, 0.2) is 5.76 Å². The van der Waals surface area contributed by atoms with Gasteiger partial charge in [-0.2, -0.15) is 6.07 Å². The maximum absolute atomic E-state index is 11.6. The zero-order valence-electron chi connectivity index (χ0n) is 16.4. The van der Waals surface area contributed by atoms with Gasteiger partial charge in [-0.05, 0) is 12.2 Å². The maximum atomic E-state index is 11.6. The summed E-state index contributed by atoms with van der Waals surface area (Å²) in [5, 5.41) is 0. The van der Waals surface area contributed by atoms with E-state index in [0.29, 0.717) is 12.4 Å². The minimum atomic E-state index is -4.92. The fourth-order valence-corrected chi connectivity index (χ4v) is 2.31. The Labute approximate surface area is 185 Å². The van der Waals surface area contributed by atoms with Gasteiger partial charge in [0, 0.05) is 0 Å². The first-order valence-electron chi connectivity index (χ1n) is 9.01. The van der Waals surface area contributed by atoms with Gasteiger partial charge in [-0.25, -0.2) is 20.1 Å². The van der Waals surface area contributed by atoms with E-state index in [-0.39, 0.29) is 41.3 Å². The summed E-state index contributed by atoms with van der Waals surface area (Å²) in [7, 11) is -4.92. The molecule has 0 unspecified atom stereocenters. The Morgan fingerprint density at radius 2 is 1.52 bits per heavy atom. The third-order valence-corrected chi connectivity index (χ3v) is 3.59. The van der Waals surface area contributed by atoms with Crippen LogP contribution in [0.4, 0.5) is 0 Å². The summed E-state index contributed by atoms with van der Waals surface area (Å²) >= 11 is 0. The number of esters is 1. The smallest absolute Gasteiger partial charge is 0.726 e. The Morgan fingerprint density at radius 3 is 1.93 bits per heavy atom. The van der Waals surface area contributed by atoms with E-state index in [2.05, 4.69) is 13.8 Å². The van der Waals surface area contributed by atoms with E-state index in [1.54, 1.807) is 12.1 Å². The van der Waals surface area contributed by atoms with Gasteiger partial charge < -0.3 is 13.7 Å². The molecule has 0 radical (unpaired) electrons. The summed E-state index contributed by atoms with van der Waals surface area (Å²) in [5.41, 5.74) is 0. The monoisotopic (exact) mass is 413 g/mol. The molecule has 1 aromatic rings. The van der Waals surface area contributed by atoms with Gasteiger partial charge in [0.05, 0.1) is 6.61 Å². The third-order valence-electron chi connectivity index (χ3n) is 3.59. The van der Waals surface area contributed by atoms with Gasteiger partial charge in [-0.3, -0.25) is 4.55 Å². The molecule has 1 N–H and O–H groups in total. The summed E-state index contributed by atoms with van der Waals surface area (Å²) in [4.78, 5) is 11.6. The molecule has 0 spiro atoms. The van der Waals surface area contributed by atoms with Crippen LogP contribution in [0.15, 0.2) is 16.5 Å². The Morgan fingerprint density at radius 1 is 1.07 bits per heavy atom. The molecule has 0 fully saturated rings. The Balaban J connectivity index is 0. The van der Waals surface area contributed by atoms with Crippen molar-refractivity contribution in [2.75, 3.05) is 6.61 Å². The second-order valence-corrected chi connectivity index (χ2v) is 6.87. The predicted octanol–water partition coefficient (Wildman–Crippen LogP) is 1.55. The molecule has 0 aromatic carbocycles. The Kier molecular flexibility index (Phi) is 18.7. The second kappa shape index (κ2) is 17.6. The van der Waals surface area contributed by atoms with Crippen LogP contribution < -0.4 is 29.6 Å². The van der Waals surface area contributed by atoms with Crippen LogP contribution in [0.1, 0.15) is 87.4 Å². The zero-order chi connectivity index (χ0) is 19.8. The van der Waals surface area contributed by atoms with Crippen LogP contribution in [-0.4, -0.2) is 30.1 Å². The van der Waals surface area contributed by atoms with Gasteiger partial charge in [0.1, 0.15) is 0 Å². The van der Waals surface area contributed by atoms with Crippen molar-refractivity contribution in [3.63, 3.8) is 0 Å². The predicted molar refractivity (Wildman–Crippen MR) is 97.6 cm³/mol. The normalized spacial score (nSPS) is 10.5. The molecular formula is C18H30NaO7S-. The van der Waals surface area contributed by atoms with Crippen molar-refractivity contribution in [1.82, 2.24) is 0 Å². The minimum absolute atomic E-state index is 0. The molecule has 27 heavy (non-hydrogen) atoms. The Bertz CT molecular complexity index is 576. The zero-order valence-corrected chi connectivity index (χ0v) is 19.3. The number of carbonyl (C=O) groups excluding carboxylic acids is 1. The number of carbonyl (C=O) groups is 1. The summed E-state index contributed by atoms with van der Waals surface area (Å²) in [6, 6.07) is 3.26. The van der Waals surface area contributed by atoms with E-state index in [1.807, 2.05) is 0 Å². The first-order chi connectivity index (χ1) is 12.2. The fourth-order valence-electron chi connectivity index (χ4n) is 2.31. The number of hydrogen-bond donors (Lipinski definition) is 1. The van der Waals surface area contributed by atoms with Crippen molar-refractivity contribution < 1.29 is 61.0 Å². The summed E-state index contributed by atoms with van der Waals surface area (Å²) in [6.45, 7) is 6.33. The number of ether oxygens (including phenoxy) is 1. The van der Waals surface area contributed by atoms with E-state index in [1.165, 1.54) is 51.4 Å². The topological polar surface area (TPSA) is 117 Å². The SMILES string of the molecule is O=S(=O)([O-])O.[CH2-]c1ccc(C(=O)OCCCCCCCCCCCC)o1.[Na+].